The summed E-state index contributed by atoms with van der Waals surface area (Å²) >= 11 is 0. The summed E-state index contributed by atoms with van der Waals surface area (Å²) in [5, 5.41) is 31.1. The molecule has 6 N–H and O–H groups in total. The quantitative estimate of drug-likeness (QED) is 0.0353. The smallest absolute Gasteiger partial charge is 0.411 e. The van der Waals surface area contributed by atoms with Crippen LogP contribution < -0.4 is 26.0 Å². The molecule has 0 saturated carbocycles. The first kappa shape index (κ1) is 62.2. The van der Waals surface area contributed by atoms with E-state index in [0.717, 1.165) is 72.6 Å². The minimum absolute atomic E-state index is 0.0647. The fraction of sp³-hybridized carbons (Fsp3) is 0.224. The van der Waals surface area contributed by atoms with Crippen LogP contribution >= 0.6 is 0 Å². The number of hydrogen-bond acceptors (Lipinski definition) is 9. The van der Waals surface area contributed by atoms with E-state index in [1.165, 1.54) is 20.0 Å². The molecule has 84 heavy (non-hydrogen) atoms. The predicted molar refractivity (Wildman–Crippen MR) is 319 cm³/mol. The summed E-state index contributed by atoms with van der Waals surface area (Å²) in [7, 11) is 3.09. The van der Waals surface area contributed by atoms with Crippen LogP contribution in [0, 0.1) is 55.4 Å². The molecule has 17 heteroatoms. The van der Waals surface area contributed by atoms with Gasteiger partial charge in [0.2, 0.25) is 5.41 Å². The third-order valence-corrected chi connectivity index (χ3v) is 14.8. The molecule has 11 nitrogen and oxygen atoms in total. The van der Waals surface area contributed by atoms with Gasteiger partial charge in [-0.25, -0.2) is 0 Å². The number of phenolic OH excluding ortho intramolecular Hbond substituents is 2. The van der Waals surface area contributed by atoms with Crippen LogP contribution in [0.25, 0.3) is 22.3 Å². The number of carbonyl (C=O) groups excluding carboxylic acids is 4. The third kappa shape index (κ3) is 12.8. The lowest BCUT2D eigenvalue weighted by molar-refractivity contribution is -0.288. The van der Waals surface area contributed by atoms with Crippen molar-refractivity contribution in [2.75, 3.05) is 35.4 Å². The van der Waals surface area contributed by atoms with Gasteiger partial charge >= 0.3 is 12.4 Å². The highest BCUT2D eigenvalue weighted by Gasteiger charge is 2.72. The highest BCUT2D eigenvalue weighted by Crippen LogP contribution is 2.57. The standard InChI is InChI=1S/C35H32F6N2O4.C32H32N2O3/c1-17-12-25(18(2)11-24(17)21(5)44)26-13-20(4)27(14-19(26)3)32(47)43-29-16-23(8-10-31(29)46)33(34(36,37)38,35(39,40)41)22-7-9-30(45)28(15-22)42-6;1-19-16-29(20(2)15-28(19)23(5)35)30-17-22(4)31(18-21(30)3)32(36)34-25-9-13-27(14-10-25)37-26-11-7-24(33-6)8-12-26/h7-16,42,45-46H,1-6H3,(H,43,47);7-18,33H,1-6H3,(H,34,36). The fourth-order valence-electron chi connectivity index (χ4n) is 10.3. The van der Waals surface area contributed by atoms with Gasteiger partial charge in [0.1, 0.15) is 23.0 Å². The Morgan fingerprint density at radius 3 is 1.08 bits per heavy atom. The Bertz CT molecular complexity index is 3860. The molecule has 0 unspecified atom stereocenters. The zero-order valence-corrected chi connectivity index (χ0v) is 48.4. The largest absolute Gasteiger partial charge is 0.506 e. The van der Waals surface area contributed by atoms with E-state index >= 15 is 0 Å². The zero-order valence-electron chi connectivity index (χ0n) is 48.4. The van der Waals surface area contributed by atoms with Gasteiger partial charge in [0.25, 0.3) is 11.8 Å². The van der Waals surface area contributed by atoms with E-state index in [9.17, 15) is 55.7 Å². The third-order valence-electron chi connectivity index (χ3n) is 14.8. The summed E-state index contributed by atoms with van der Waals surface area (Å²) in [5.74, 6) is -0.962. The van der Waals surface area contributed by atoms with Crippen molar-refractivity contribution in [3.8, 4) is 45.3 Å². The maximum atomic E-state index is 14.8. The number of carbonyl (C=O) groups is 4. The van der Waals surface area contributed by atoms with Crippen LogP contribution in [0.15, 0.2) is 133 Å². The monoisotopic (exact) mass is 1150 g/mol. The molecule has 0 atom stereocenters. The van der Waals surface area contributed by atoms with E-state index < -0.39 is 52.0 Å². The molecule has 0 radical (unpaired) electrons. The van der Waals surface area contributed by atoms with E-state index in [-0.39, 0.29) is 28.7 Å². The number of aromatic hydroxyl groups is 2. The Hall–Kier alpha value is -9.38. The number of halogens is 6. The van der Waals surface area contributed by atoms with Crippen molar-refractivity contribution in [1.29, 1.82) is 0 Å². The summed E-state index contributed by atoms with van der Waals surface area (Å²) in [4.78, 5) is 50.5. The number of alkyl halides is 6. The SMILES string of the molecule is CNc1cc(C(c2ccc(O)c(NC(=O)c3cc(C)c(-c4cc(C)c(C(C)=O)cc4C)cc3C)c2)(C(F)(F)F)C(F)(F)F)ccc1O.CNc1ccc(Oc2ccc(NC(=O)c3cc(C)c(-c4cc(C)c(C(C)=O)cc4C)cc3C)cc2)cc1. The molecule has 0 heterocycles. The number of ether oxygens (including phenoxy) is 1. The zero-order chi connectivity index (χ0) is 61.9. The molecule has 2 amide bonds. The second kappa shape index (κ2) is 24.6. The van der Waals surface area contributed by atoms with Gasteiger partial charge in [0, 0.05) is 47.7 Å². The van der Waals surface area contributed by atoms with Crippen LogP contribution in [-0.2, 0) is 5.41 Å². The number of Topliss-reactive ketones (excluding diaryl/α,β-unsaturated/α-hetero) is 2. The van der Waals surface area contributed by atoms with E-state index in [1.807, 2.05) is 108 Å². The fourth-order valence-corrected chi connectivity index (χ4v) is 10.3. The van der Waals surface area contributed by atoms with Crippen LogP contribution in [0.2, 0.25) is 0 Å². The van der Waals surface area contributed by atoms with Crippen LogP contribution in [-0.4, -0.2) is 60.0 Å². The Morgan fingerprint density at radius 1 is 0.393 bits per heavy atom. The van der Waals surface area contributed by atoms with Crippen molar-refractivity contribution < 1.29 is 60.5 Å². The molecule has 0 fully saturated rings. The van der Waals surface area contributed by atoms with Gasteiger partial charge in [-0.15, -0.1) is 0 Å². The predicted octanol–water partition coefficient (Wildman–Crippen LogP) is 16.8. The first-order chi connectivity index (χ1) is 39.4. The van der Waals surface area contributed by atoms with Gasteiger partial charge in [0.15, 0.2) is 11.6 Å². The number of phenols is 2. The Kier molecular flexibility index (Phi) is 18.2. The Morgan fingerprint density at radius 2 is 0.726 bits per heavy atom. The molecule has 0 bridgehead atoms. The van der Waals surface area contributed by atoms with E-state index in [0.29, 0.717) is 70.1 Å². The number of nitrogens with one attached hydrogen (secondary N) is 4. The summed E-state index contributed by atoms with van der Waals surface area (Å²) in [5.41, 5.74) is 5.75. The van der Waals surface area contributed by atoms with Crippen LogP contribution in [0.4, 0.5) is 49.1 Å². The maximum Gasteiger partial charge on any atom is 0.411 e. The minimum Gasteiger partial charge on any atom is -0.506 e. The lowest BCUT2D eigenvalue weighted by Crippen LogP contribution is -2.54. The second-order valence-electron chi connectivity index (χ2n) is 20.8. The second-order valence-corrected chi connectivity index (χ2v) is 20.8. The first-order valence-electron chi connectivity index (χ1n) is 26.5. The summed E-state index contributed by atoms with van der Waals surface area (Å²) in [6.07, 6.45) is -11.9. The average molecular weight is 1150 g/mol. The number of rotatable bonds is 14. The number of aryl methyl sites for hydroxylation is 8. The maximum absolute atomic E-state index is 14.8. The van der Waals surface area contributed by atoms with Crippen molar-refractivity contribution >= 4 is 46.1 Å². The van der Waals surface area contributed by atoms with Crippen molar-refractivity contribution in [3.05, 3.63) is 211 Å². The van der Waals surface area contributed by atoms with Crippen molar-refractivity contribution in [2.45, 2.75) is 87.0 Å². The van der Waals surface area contributed by atoms with Crippen molar-refractivity contribution in [2.24, 2.45) is 0 Å². The number of anilines is 4. The van der Waals surface area contributed by atoms with Crippen molar-refractivity contribution in [1.82, 2.24) is 0 Å². The normalized spacial score (nSPS) is 11.5. The first-order valence-corrected chi connectivity index (χ1v) is 26.5. The van der Waals surface area contributed by atoms with E-state index in [1.54, 1.807) is 39.8 Å². The molecule has 436 valence electrons. The molecule has 0 aliphatic rings. The van der Waals surface area contributed by atoms with Crippen LogP contribution in [0.1, 0.15) is 111 Å². The van der Waals surface area contributed by atoms with Gasteiger partial charge in [-0.05, 0) is 244 Å². The van der Waals surface area contributed by atoms with Crippen molar-refractivity contribution in [3.63, 3.8) is 0 Å². The molecule has 0 aliphatic carbocycles. The van der Waals surface area contributed by atoms with Gasteiger partial charge in [-0.2, -0.15) is 26.3 Å². The molecule has 8 rings (SSSR count). The molecule has 0 spiro atoms. The van der Waals surface area contributed by atoms with Gasteiger partial charge in [0.05, 0.1) is 11.4 Å². The van der Waals surface area contributed by atoms with Crippen LogP contribution in [0.5, 0.6) is 23.0 Å². The van der Waals surface area contributed by atoms with Gasteiger partial charge in [-0.3, -0.25) is 19.2 Å². The molecular formula is C67H64F6N4O7. The van der Waals surface area contributed by atoms with E-state index in [4.69, 9.17) is 4.74 Å². The van der Waals surface area contributed by atoms with Crippen LogP contribution in [0.3, 0.4) is 0 Å². The van der Waals surface area contributed by atoms with Gasteiger partial charge in [-0.1, -0.05) is 36.4 Å². The highest BCUT2D eigenvalue weighted by atomic mass is 19.4. The topological polar surface area (TPSA) is 166 Å². The molecular weight excluding hydrogens is 1090 g/mol. The Labute approximate surface area is 483 Å². The molecule has 0 aliphatic heterocycles. The number of hydrogen-bond donors (Lipinski definition) is 6. The highest BCUT2D eigenvalue weighted by molar-refractivity contribution is 6.07. The van der Waals surface area contributed by atoms with E-state index in [2.05, 4.69) is 33.4 Å². The average Bonchev–Trinajstić information content (AvgIpc) is 0.798. The summed E-state index contributed by atoms with van der Waals surface area (Å²) in [6, 6.07) is 33.3. The molecule has 0 aromatic heterocycles. The molecule has 0 saturated heterocycles. The summed E-state index contributed by atoms with van der Waals surface area (Å²) < 4.78 is 94.4. The van der Waals surface area contributed by atoms with Gasteiger partial charge < -0.3 is 36.2 Å². The number of ketones is 2. The molecule has 8 aromatic carbocycles. The Balaban J connectivity index is 0.000000248. The summed E-state index contributed by atoms with van der Waals surface area (Å²) in [6.45, 7) is 18.0. The number of benzene rings is 8. The lowest BCUT2D eigenvalue weighted by atomic mass is 9.72. The number of amides is 2. The minimum atomic E-state index is -5.95. The molecule has 8 aromatic rings. The lowest BCUT2D eigenvalue weighted by Gasteiger charge is -2.38.